The first kappa shape index (κ1) is 27.1. The molecule has 11 rings (SSSR count). The van der Waals surface area contributed by atoms with Crippen LogP contribution in [0, 0.1) is 0 Å². The van der Waals surface area contributed by atoms with Crippen LogP contribution in [0.4, 0.5) is 0 Å². The molecule has 3 aromatic heterocycles. The Morgan fingerprint density at radius 1 is 0.340 bits per heavy atom. The van der Waals surface area contributed by atoms with Crippen molar-refractivity contribution in [2.75, 3.05) is 0 Å². The Kier molecular flexibility index (Phi) is 5.60. The summed E-state index contributed by atoms with van der Waals surface area (Å²) in [7, 11) is 0. The van der Waals surface area contributed by atoms with Crippen molar-refractivity contribution in [3.63, 3.8) is 0 Å². The topological polar surface area (TPSA) is 65.0 Å². The fourth-order valence-corrected chi connectivity index (χ4v) is 7.51. The van der Waals surface area contributed by atoms with E-state index in [2.05, 4.69) is 91.0 Å². The van der Waals surface area contributed by atoms with Gasteiger partial charge in [-0.05, 0) is 74.8 Å². The molecule has 8 aromatic carbocycles. The van der Waals surface area contributed by atoms with E-state index in [1.54, 1.807) is 0 Å². The summed E-state index contributed by atoms with van der Waals surface area (Å²) < 4.78 is 12.6. The lowest BCUT2D eigenvalue weighted by atomic mass is 9.95. The van der Waals surface area contributed by atoms with Gasteiger partial charge in [0.25, 0.3) is 0 Å². The molecule has 0 saturated heterocycles. The Balaban J connectivity index is 1.18. The third-order valence-corrected chi connectivity index (χ3v) is 9.90. The second kappa shape index (κ2) is 10.3. The predicted molar refractivity (Wildman–Crippen MR) is 203 cm³/mol. The van der Waals surface area contributed by atoms with Gasteiger partial charge in [-0.1, -0.05) is 109 Å². The molecule has 0 spiro atoms. The summed E-state index contributed by atoms with van der Waals surface area (Å²) in [5.41, 5.74) is 5.86. The van der Waals surface area contributed by atoms with Gasteiger partial charge < -0.3 is 8.83 Å². The van der Waals surface area contributed by atoms with Crippen molar-refractivity contribution in [2.24, 2.45) is 0 Å². The smallest absolute Gasteiger partial charge is 0.167 e. The molecule has 0 atom stereocenters. The number of hydrogen-bond acceptors (Lipinski definition) is 5. The average molecular weight is 640 g/mol. The summed E-state index contributed by atoms with van der Waals surface area (Å²) in [6.45, 7) is 0. The van der Waals surface area contributed by atoms with Gasteiger partial charge in [-0.2, -0.15) is 0 Å². The minimum atomic E-state index is 0.551. The first-order chi connectivity index (χ1) is 24.7. The number of furan rings is 2. The molecule has 50 heavy (non-hydrogen) atoms. The summed E-state index contributed by atoms with van der Waals surface area (Å²) in [5.74, 6) is 1.72. The third-order valence-electron chi connectivity index (χ3n) is 9.90. The van der Waals surface area contributed by atoms with Gasteiger partial charge in [0.2, 0.25) is 0 Å². The quantitative estimate of drug-likeness (QED) is 0.180. The number of para-hydroxylation sites is 3. The highest BCUT2D eigenvalue weighted by Gasteiger charge is 2.19. The lowest BCUT2D eigenvalue weighted by molar-refractivity contribution is 0.669. The molecule has 0 fully saturated rings. The molecule has 0 aliphatic rings. The molecular weight excluding hydrogens is 615 g/mol. The van der Waals surface area contributed by atoms with Crippen LogP contribution >= 0.6 is 0 Å². The molecule has 0 unspecified atom stereocenters. The van der Waals surface area contributed by atoms with E-state index >= 15 is 0 Å². The number of hydrogen-bond donors (Lipinski definition) is 0. The number of benzene rings is 8. The number of nitrogens with zero attached hydrogens (tertiary/aromatic N) is 3. The molecule has 0 saturated carbocycles. The van der Waals surface area contributed by atoms with Gasteiger partial charge in [0, 0.05) is 32.7 Å². The number of rotatable bonds is 3. The van der Waals surface area contributed by atoms with E-state index in [-0.39, 0.29) is 0 Å². The maximum absolute atomic E-state index is 6.46. The maximum Gasteiger partial charge on any atom is 0.167 e. The Morgan fingerprint density at radius 2 is 0.880 bits per heavy atom. The van der Waals surface area contributed by atoms with Gasteiger partial charge in [-0.15, -0.1) is 0 Å². The van der Waals surface area contributed by atoms with Crippen LogP contribution in [-0.2, 0) is 0 Å². The van der Waals surface area contributed by atoms with Gasteiger partial charge in [-0.25, -0.2) is 15.0 Å². The zero-order chi connectivity index (χ0) is 32.8. The van der Waals surface area contributed by atoms with E-state index in [1.807, 2.05) is 60.7 Å². The lowest BCUT2D eigenvalue weighted by Crippen LogP contribution is -2.00. The van der Waals surface area contributed by atoms with Crippen molar-refractivity contribution >= 4 is 76.2 Å². The van der Waals surface area contributed by atoms with Gasteiger partial charge in [-0.3, -0.25) is 0 Å². The first-order valence-corrected chi connectivity index (χ1v) is 16.7. The van der Waals surface area contributed by atoms with Gasteiger partial charge in [0.1, 0.15) is 22.3 Å². The van der Waals surface area contributed by atoms with E-state index in [0.717, 1.165) is 71.3 Å². The second-order valence-electron chi connectivity index (χ2n) is 12.8. The maximum atomic E-state index is 6.46. The van der Waals surface area contributed by atoms with Crippen LogP contribution in [-0.4, -0.2) is 15.0 Å². The van der Waals surface area contributed by atoms with Gasteiger partial charge in [0.15, 0.2) is 17.5 Å². The molecule has 0 amide bonds. The molecule has 5 heteroatoms. The number of aromatic nitrogens is 3. The summed E-state index contributed by atoms with van der Waals surface area (Å²) in [4.78, 5) is 15.5. The molecule has 0 N–H and O–H groups in total. The Labute approximate surface area is 285 Å². The highest BCUT2D eigenvalue weighted by molar-refractivity contribution is 6.20. The SMILES string of the molecule is c1ccc2c(c1)ccc1ccc3ccc(-c4nc(-c5ccc6oc7ccccc7c6c5)nc(-c5cccc6c5oc5ccccc56)n4)cc3c12. The summed E-state index contributed by atoms with van der Waals surface area (Å²) in [6, 6.07) is 52.3. The zero-order valence-corrected chi connectivity index (χ0v) is 26.6. The molecule has 0 aliphatic carbocycles. The van der Waals surface area contributed by atoms with Crippen LogP contribution in [0.15, 0.2) is 160 Å². The van der Waals surface area contributed by atoms with Crippen LogP contribution in [0.25, 0.3) is 110 Å². The molecule has 0 bridgehead atoms. The Bertz CT molecular complexity index is 3170. The van der Waals surface area contributed by atoms with Gasteiger partial charge in [0.05, 0.1) is 5.56 Å². The van der Waals surface area contributed by atoms with E-state index in [4.69, 9.17) is 23.8 Å². The van der Waals surface area contributed by atoms with Crippen molar-refractivity contribution in [1.82, 2.24) is 15.0 Å². The third kappa shape index (κ3) is 4.04. The highest BCUT2D eigenvalue weighted by Crippen LogP contribution is 2.38. The summed E-state index contributed by atoms with van der Waals surface area (Å²) in [5, 5.41) is 11.3. The predicted octanol–water partition coefficient (Wildman–Crippen LogP) is 12.1. The zero-order valence-electron chi connectivity index (χ0n) is 26.6. The van der Waals surface area contributed by atoms with Crippen molar-refractivity contribution in [2.45, 2.75) is 0 Å². The Morgan fingerprint density at radius 3 is 1.68 bits per heavy atom. The van der Waals surface area contributed by atoms with E-state index in [1.165, 1.54) is 21.5 Å². The lowest BCUT2D eigenvalue weighted by Gasteiger charge is -2.11. The normalized spacial score (nSPS) is 12.0. The van der Waals surface area contributed by atoms with Crippen LogP contribution in [0.3, 0.4) is 0 Å². The summed E-state index contributed by atoms with van der Waals surface area (Å²) >= 11 is 0. The fraction of sp³-hybridized carbons (Fsp3) is 0. The summed E-state index contributed by atoms with van der Waals surface area (Å²) in [6.07, 6.45) is 0. The number of fused-ring (bicyclic) bond motifs is 11. The van der Waals surface area contributed by atoms with Crippen LogP contribution < -0.4 is 0 Å². The van der Waals surface area contributed by atoms with Crippen LogP contribution in [0.5, 0.6) is 0 Å². The van der Waals surface area contributed by atoms with E-state index < -0.39 is 0 Å². The van der Waals surface area contributed by atoms with Crippen molar-refractivity contribution in [3.8, 4) is 34.2 Å². The van der Waals surface area contributed by atoms with E-state index in [9.17, 15) is 0 Å². The highest BCUT2D eigenvalue weighted by atomic mass is 16.3. The Hall–Kier alpha value is -6.85. The fourth-order valence-electron chi connectivity index (χ4n) is 7.51. The minimum Gasteiger partial charge on any atom is -0.456 e. The average Bonchev–Trinajstić information content (AvgIpc) is 3.75. The molecule has 0 radical (unpaired) electrons. The van der Waals surface area contributed by atoms with Crippen LogP contribution in [0.1, 0.15) is 0 Å². The van der Waals surface area contributed by atoms with Crippen molar-refractivity contribution < 1.29 is 8.83 Å². The first-order valence-electron chi connectivity index (χ1n) is 16.7. The largest absolute Gasteiger partial charge is 0.456 e. The monoisotopic (exact) mass is 639 g/mol. The van der Waals surface area contributed by atoms with E-state index in [0.29, 0.717) is 17.5 Å². The second-order valence-corrected chi connectivity index (χ2v) is 12.8. The molecule has 3 heterocycles. The molecule has 232 valence electrons. The standard InChI is InChI=1S/C45H25N3O2/c1-2-9-31-26(8-1)16-19-28-20-17-27-18-21-29(24-36(27)41(28)31)43-46-44(30-22-23-40-37(25-30)33-11-4-5-14-38(33)49-40)48-45(47-43)35-13-7-12-34-32-10-3-6-15-39(32)50-42(34)35/h1-25H. The van der Waals surface area contributed by atoms with Gasteiger partial charge >= 0.3 is 0 Å². The molecule has 5 nitrogen and oxygen atoms in total. The molecular formula is C45H25N3O2. The molecule has 0 aliphatic heterocycles. The van der Waals surface area contributed by atoms with Crippen molar-refractivity contribution in [3.05, 3.63) is 152 Å². The van der Waals surface area contributed by atoms with Crippen LogP contribution in [0.2, 0.25) is 0 Å². The molecule has 11 aromatic rings. The minimum absolute atomic E-state index is 0.551. The van der Waals surface area contributed by atoms with Crippen molar-refractivity contribution in [1.29, 1.82) is 0 Å².